The number of likely N-dealkylation sites (tertiary alicyclic amines) is 1. The molecular weight excluding hydrogens is 246 g/mol. The van der Waals surface area contributed by atoms with Gasteiger partial charge in [-0.25, -0.2) is 5.84 Å². The second-order valence-corrected chi connectivity index (χ2v) is 5.02. The van der Waals surface area contributed by atoms with Crippen molar-refractivity contribution in [1.82, 2.24) is 10.3 Å². The first-order valence-corrected chi connectivity index (χ1v) is 6.46. The molecule has 1 aliphatic heterocycles. The molecule has 6 heteroatoms. The minimum atomic E-state index is -0.397. The van der Waals surface area contributed by atoms with Gasteiger partial charge in [0, 0.05) is 13.0 Å². The van der Waals surface area contributed by atoms with Gasteiger partial charge in [0.05, 0.1) is 12.1 Å². The zero-order valence-corrected chi connectivity index (χ0v) is 11.0. The van der Waals surface area contributed by atoms with E-state index in [1.165, 1.54) is 6.26 Å². The number of rotatable bonds is 3. The number of carbonyl (C=O) groups is 2. The number of nitrogens with two attached hydrogens (primary N) is 1. The summed E-state index contributed by atoms with van der Waals surface area (Å²) < 4.78 is 5.30. The maximum absolute atomic E-state index is 11.9. The molecule has 1 saturated heterocycles. The summed E-state index contributed by atoms with van der Waals surface area (Å²) in [4.78, 5) is 25.0. The summed E-state index contributed by atoms with van der Waals surface area (Å²) in [7, 11) is 0. The molecule has 0 aromatic carbocycles. The fraction of sp³-hybridized carbons (Fsp3) is 0.538. The van der Waals surface area contributed by atoms with Crippen LogP contribution in [-0.4, -0.2) is 23.3 Å². The van der Waals surface area contributed by atoms with Crippen molar-refractivity contribution in [3.63, 3.8) is 0 Å². The Kier molecular flexibility index (Phi) is 4.21. The molecule has 0 radical (unpaired) electrons. The molecule has 2 rings (SSSR count). The lowest BCUT2D eigenvalue weighted by atomic mass is 10.0. The third-order valence-electron chi connectivity index (χ3n) is 3.49. The zero-order valence-electron chi connectivity index (χ0n) is 11.0. The minimum absolute atomic E-state index is 0.144. The molecule has 0 spiro atoms. The van der Waals surface area contributed by atoms with Gasteiger partial charge in [-0.15, -0.1) is 0 Å². The minimum Gasteiger partial charge on any atom is -0.467 e. The van der Waals surface area contributed by atoms with Crippen LogP contribution in [-0.2, 0) is 11.3 Å². The fourth-order valence-electron chi connectivity index (χ4n) is 2.19. The summed E-state index contributed by atoms with van der Waals surface area (Å²) in [5.41, 5.74) is 2.41. The molecule has 1 unspecified atom stereocenters. The Morgan fingerprint density at radius 3 is 3.11 bits per heavy atom. The van der Waals surface area contributed by atoms with Crippen molar-refractivity contribution in [3.05, 3.63) is 23.7 Å². The average molecular weight is 265 g/mol. The SMILES string of the molecule is CC1CCC(=O)N(Cc2cc(C(=O)NN)co2)CC1. The van der Waals surface area contributed by atoms with Crippen LogP contribution in [0.2, 0.25) is 0 Å². The Balaban J connectivity index is 2.01. The summed E-state index contributed by atoms with van der Waals surface area (Å²) in [6.45, 7) is 3.30. The van der Waals surface area contributed by atoms with Crippen molar-refractivity contribution in [2.24, 2.45) is 11.8 Å². The fourth-order valence-corrected chi connectivity index (χ4v) is 2.19. The van der Waals surface area contributed by atoms with Crippen molar-refractivity contribution >= 4 is 11.8 Å². The van der Waals surface area contributed by atoms with Gasteiger partial charge in [-0.05, 0) is 24.8 Å². The van der Waals surface area contributed by atoms with E-state index in [0.29, 0.717) is 30.2 Å². The monoisotopic (exact) mass is 265 g/mol. The Labute approximate surface area is 111 Å². The largest absolute Gasteiger partial charge is 0.467 e. The topological polar surface area (TPSA) is 88.6 Å². The summed E-state index contributed by atoms with van der Waals surface area (Å²) in [6.07, 6.45) is 3.87. The number of nitrogen functional groups attached to an aromatic ring is 1. The standard InChI is InChI=1S/C13H19N3O3/c1-9-2-3-12(17)16(5-4-9)7-11-6-10(8-19-11)13(18)15-14/h6,8-9H,2-5,7,14H2,1H3,(H,15,18). The number of carbonyl (C=O) groups excluding carboxylic acids is 2. The quantitative estimate of drug-likeness (QED) is 0.485. The van der Waals surface area contributed by atoms with Crippen LogP contribution in [0, 0.1) is 5.92 Å². The molecule has 1 fully saturated rings. The number of hydrogen-bond acceptors (Lipinski definition) is 4. The van der Waals surface area contributed by atoms with Crippen LogP contribution in [0.1, 0.15) is 42.3 Å². The second-order valence-electron chi connectivity index (χ2n) is 5.02. The van der Waals surface area contributed by atoms with Gasteiger partial charge in [0.1, 0.15) is 12.0 Å². The lowest BCUT2D eigenvalue weighted by Gasteiger charge is -2.19. The van der Waals surface area contributed by atoms with Crippen LogP contribution in [0.3, 0.4) is 0 Å². The summed E-state index contributed by atoms with van der Waals surface area (Å²) in [5.74, 6) is 5.97. The highest BCUT2D eigenvalue weighted by molar-refractivity contribution is 5.93. The zero-order chi connectivity index (χ0) is 13.8. The first-order valence-electron chi connectivity index (χ1n) is 6.46. The highest BCUT2D eigenvalue weighted by atomic mass is 16.3. The third-order valence-corrected chi connectivity index (χ3v) is 3.49. The highest BCUT2D eigenvalue weighted by Gasteiger charge is 2.21. The Hall–Kier alpha value is -1.82. The summed E-state index contributed by atoms with van der Waals surface area (Å²) >= 11 is 0. The average Bonchev–Trinajstić information content (AvgIpc) is 2.82. The number of furan rings is 1. The molecule has 1 aliphatic rings. The van der Waals surface area contributed by atoms with Crippen LogP contribution < -0.4 is 11.3 Å². The lowest BCUT2D eigenvalue weighted by Crippen LogP contribution is -2.30. The number of hydrogen-bond donors (Lipinski definition) is 2. The van der Waals surface area contributed by atoms with E-state index in [1.807, 2.05) is 5.43 Å². The van der Waals surface area contributed by atoms with Crippen molar-refractivity contribution < 1.29 is 14.0 Å². The number of nitrogens with one attached hydrogen (secondary N) is 1. The van der Waals surface area contributed by atoms with Gasteiger partial charge < -0.3 is 9.32 Å². The number of amides is 2. The van der Waals surface area contributed by atoms with Crippen LogP contribution in [0.5, 0.6) is 0 Å². The van der Waals surface area contributed by atoms with Gasteiger partial charge in [-0.3, -0.25) is 15.0 Å². The van der Waals surface area contributed by atoms with E-state index >= 15 is 0 Å². The van der Waals surface area contributed by atoms with Gasteiger partial charge in [0.15, 0.2) is 0 Å². The van der Waals surface area contributed by atoms with Crippen molar-refractivity contribution in [3.8, 4) is 0 Å². The van der Waals surface area contributed by atoms with E-state index in [4.69, 9.17) is 10.3 Å². The van der Waals surface area contributed by atoms with Crippen molar-refractivity contribution in [2.45, 2.75) is 32.7 Å². The van der Waals surface area contributed by atoms with Gasteiger partial charge in [0.2, 0.25) is 5.91 Å². The van der Waals surface area contributed by atoms with E-state index in [9.17, 15) is 9.59 Å². The van der Waals surface area contributed by atoms with Gasteiger partial charge in [0.25, 0.3) is 5.91 Å². The predicted molar refractivity (Wildman–Crippen MR) is 68.8 cm³/mol. The normalized spacial score (nSPS) is 20.2. The number of hydrazine groups is 1. The van der Waals surface area contributed by atoms with Crippen molar-refractivity contribution in [2.75, 3.05) is 6.54 Å². The molecule has 0 saturated carbocycles. The third kappa shape index (κ3) is 3.35. The summed E-state index contributed by atoms with van der Waals surface area (Å²) in [6, 6.07) is 1.61. The van der Waals surface area contributed by atoms with E-state index in [1.54, 1.807) is 11.0 Å². The molecule has 2 heterocycles. The smallest absolute Gasteiger partial charge is 0.268 e. The molecule has 2 amide bonds. The first-order chi connectivity index (χ1) is 9.10. The molecule has 0 bridgehead atoms. The van der Waals surface area contributed by atoms with Gasteiger partial charge in [-0.1, -0.05) is 6.92 Å². The highest BCUT2D eigenvalue weighted by Crippen LogP contribution is 2.20. The molecule has 104 valence electrons. The van der Waals surface area contributed by atoms with Crippen LogP contribution >= 0.6 is 0 Å². The maximum atomic E-state index is 11.9. The van der Waals surface area contributed by atoms with Gasteiger partial charge >= 0.3 is 0 Å². The second kappa shape index (κ2) is 5.88. The molecule has 1 aromatic rings. The molecule has 3 N–H and O–H groups in total. The predicted octanol–water partition coefficient (Wildman–Crippen LogP) is 1.03. The van der Waals surface area contributed by atoms with E-state index in [2.05, 4.69) is 6.92 Å². The Bertz CT molecular complexity index is 469. The van der Waals surface area contributed by atoms with Crippen molar-refractivity contribution in [1.29, 1.82) is 0 Å². The molecule has 6 nitrogen and oxygen atoms in total. The molecular formula is C13H19N3O3. The van der Waals surface area contributed by atoms with Crippen LogP contribution in [0.15, 0.2) is 16.7 Å². The van der Waals surface area contributed by atoms with E-state index in [-0.39, 0.29) is 5.91 Å². The maximum Gasteiger partial charge on any atom is 0.268 e. The van der Waals surface area contributed by atoms with E-state index in [0.717, 1.165) is 19.4 Å². The lowest BCUT2D eigenvalue weighted by molar-refractivity contribution is -0.131. The van der Waals surface area contributed by atoms with Crippen LogP contribution in [0.4, 0.5) is 0 Å². The molecule has 19 heavy (non-hydrogen) atoms. The Morgan fingerprint density at radius 1 is 1.58 bits per heavy atom. The van der Waals surface area contributed by atoms with Gasteiger partial charge in [-0.2, -0.15) is 0 Å². The molecule has 0 aliphatic carbocycles. The summed E-state index contributed by atoms with van der Waals surface area (Å²) in [5, 5.41) is 0. The van der Waals surface area contributed by atoms with E-state index < -0.39 is 5.91 Å². The Morgan fingerprint density at radius 2 is 2.37 bits per heavy atom. The molecule has 1 aromatic heterocycles. The first kappa shape index (κ1) is 13.6. The van der Waals surface area contributed by atoms with Crippen LogP contribution in [0.25, 0.3) is 0 Å². The number of nitrogens with zero attached hydrogens (tertiary/aromatic N) is 1. The molecule has 1 atom stereocenters.